The van der Waals surface area contributed by atoms with Gasteiger partial charge >= 0.3 is 21.2 Å². The number of carbonyl (C=O) groups is 1. The molecule has 0 aliphatic carbocycles. The molecule has 0 unspecified atom stereocenters. The lowest BCUT2D eigenvalue weighted by Crippen LogP contribution is -2.30. The second kappa shape index (κ2) is 7.31. The molecule has 11 heteroatoms. The highest BCUT2D eigenvalue weighted by atomic mass is 31.2. The molecule has 0 saturated heterocycles. The Bertz CT molecular complexity index is 400. The van der Waals surface area contributed by atoms with Crippen molar-refractivity contribution >= 4 is 21.2 Å². The van der Waals surface area contributed by atoms with E-state index in [1.807, 2.05) is 0 Å². The van der Waals surface area contributed by atoms with Crippen molar-refractivity contribution in [2.75, 3.05) is 25.7 Å². The predicted octanol–water partition coefficient (Wildman–Crippen LogP) is -0.322. The Balaban J connectivity index is 4.43. The van der Waals surface area contributed by atoms with Gasteiger partial charge in [-0.3, -0.25) is 14.0 Å². The highest BCUT2D eigenvalue weighted by Gasteiger charge is 2.25. The molecule has 19 heavy (non-hydrogen) atoms. The molecule has 0 aromatic rings. The van der Waals surface area contributed by atoms with Gasteiger partial charge in [-0.05, 0) is 6.92 Å². The number of nitrogens with zero attached hydrogens (tertiary/aromatic N) is 1. The number of ether oxygens (including phenoxy) is 1. The van der Waals surface area contributed by atoms with Gasteiger partial charge in [0.1, 0.15) is 19.2 Å². The van der Waals surface area contributed by atoms with E-state index in [-0.39, 0.29) is 18.7 Å². The van der Waals surface area contributed by atoms with Gasteiger partial charge < -0.3 is 24.3 Å². The zero-order valence-corrected chi connectivity index (χ0v) is 12.1. The molecule has 0 atom stereocenters. The monoisotopic (exact) mass is 317 g/mol. The molecule has 0 heterocycles. The third kappa shape index (κ3) is 11.0. The Morgan fingerprint density at radius 2 is 1.58 bits per heavy atom. The minimum absolute atomic E-state index is 0.150. The van der Waals surface area contributed by atoms with Crippen molar-refractivity contribution in [2.45, 2.75) is 6.92 Å². The van der Waals surface area contributed by atoms with E-state index in [0.717, 1.165) is 4.90 Å². The molecule has 0 bridgehead atoms. The van der Waals surface area contributed by atoms with Gasteiger partial charge in [-0.2, -0.15) is 0 Å². The molecule has 0 spiro atoms. The lowest BCUT2D eigenvalue weighted by molar-refractivity contribution is -0.139. The fourth-order valence-corrected chi connectivity index (χ4v) is 2.78. The van der Waals surface area contributed by atoms with E-state index in [1.165, 1.54) is 6.92 Å². The molecular weight excluding hydrogens is 300 g/mol. The van der Waals surface area contributed by atoms with Crippen LogP contribution in [-0.4, -0.2) is 56.2 Å². The summed E-state index contributed by atoms with van der Waals surface area (Å²) in [5.41, 5.74) is 0.150. The van der Waals surface area contributed by atoms with Crippen molar-refractivity contribution in [3.05, 3.63) is 12.2 Å². The van der Waals surface area contributed by atoms with Crippen LogP contribution in [0.2, 0.25) is 0 Å². The molecule has 0 aromatic carbocycles. The van der Waals surface area contributed by atoms with Crippen LogP contribution in [0.5, 0.6) is 0 Å². The van der Waals surface area contributed by atoms with Crippen molar-refractivity contribution in [1.29, 1.82) is 0 Å². The van der Waals surface area contributed by atoms with Crippen LogP contribution in [0.15, 0.2) is 12.2 Å². The van der Waals surface area contributed by atoms with Gasteiger partial charge in [0, 0.05) is 12.1 Å². The minimum atomic E-state index is -4.47. The van der Waals surface area contributed by atoms with Crippen LogP contribution in [0.4, 0.5) is 0 Å². The first-order valence-corrected chi connectivity index (χ1v) is 8.64. The molecule has 0 fully saturated rings. The van der Waals surface area contributed by atoms with Gasteiger partial charge in [-0.15, -0.1) is 0 Å². The topological polar surface area (TPSA) is 145 Å². The fraction of sp³-hybridized carbons (Fsp3) is 0.625. The molecule has 0 aromatic heterocycles. The molecule has 112 valence electrons. The summed E-state index contributed by atoms with van der Waals surface area (Å²) < 4.78 is 26.3. The number of carbonyl (C=O) groups excluding carboxylic acids is 1. The van der Waals surface area contributed by atoms with E-state index < -0.39 is 33.7 Å². The first kappa shape index (κ1) is 18.5. The van der Waals surface area contributed by atoms with Crippen LogP contribution in [0.1, 0.15) is 6.92 Å². The Morgan fingerprint density at radius 1 is 1.16 bits per heavy atom. The smallest absolute Gasteiger partial charge is 0.339 e. The fourth-order valence-electron chi connectivity index (χ4n) is 1.10. The molecule has 9 nitrogen and oxygen atoms in total. The summed E-state index contributed by atoms with van der Waals surface area (Å²) >= 11 is 0. The Kier molecular flexibility index (Phi) is 7.10. The van der Waals surface area contributed by atoms with Crippen LogP contribution < -0.4 is 0 Å². The number of esters is 1. The van der Waals surface area contributed by atoms with Crippen LogP contribution in [0, 0.1) is 0 Å². The van der Waals surface area contributed by atoms with Gasteiger partial charge in [0.15, 0.2) is 0 Å². The van der Waals surface area contributed by atoms with Crippen molar-refractivity contribution in [1.82, 2.24) is 4.90 Å². The average molecular weight is 317 g/mol. The molecule has 0 rings (SSSR count). The molecule has 0 aliphatic rings. The number of hydrogen-bond acceptors (Lipinski definition) is 5. The standard InChI is InChI=1S/C8H17NO8P2/c1-7(2)8(10)17-4-3-9(5-18(11,12)13)6-19(14,15)16/h1,3-6H2,2H3,(H2,11,12,13)(H2,14,15,16). The summed E-state index contributed by atoms with van der Waals surface area (Å²) in [6.45, 7) is 4.29. The normalized spacial score (nSPS) is 12.5. The van der Waals surface area contributed by atoms with Crippen LogP contribution in [0.25, 0.3) is 0 Å². The Hall–Kier alpha value is -0.530. The van der Waals surface area contributed by atoms with Crippen molar-refractivity contribution in [3.63, 3.8) is 0 Å². The van der Waals surface area contributed by atoms with Gasteiger partial charge in [-0.1, -0.05) is 6.58 Å². The van der Waals surface area contributed by atoms with E-state index in [2.05, 4.69) is 11.3 Å². The number of rotatable bonds is 8. The van der Waals surface area contributed by atoms with Crippen LogP contribution in [-0.2, 0) is 18.7 Å². The summed E-state index contributed by atoms with van der Waals surface area (Å²) in [6, 6.07) is 0. The maximum atomic E-state index is 11.0. The minimum Gasteiger partial charge on any atom is -0.461 e. The number of hydrogen-bond donors (Lipinski definition) is 4. The third-order valence-electron chi connectivity index (χ3n) is 1.76. The Labute approximate surface area is 110 Å². The highest BCUT2D eigenvalue weighted by molar-refractivity contribution is 7.52. The second-order valence-corrected chi connectivity index (χ2v) is 7.15. The van der Waals surface area contributed by atoms with Gasteiger partial charge in [0.25, 0.3) is 0 Å². The zero-order chi connectivity index (χ0) is 15.3. The summed E-state index contributed by atoms with van der Waals surface area (Å²) in [4.78, 5) is 47.0. The molecule has 0 radical (unpaired) electrons. The van der Waals surface area contributed by atoms with Crippen molar-refractivity contribution < 1.29 is 38.2 Å². The third-order valence-corrected chi connectivity index (χ3v) is 3.29. The van der Waals surface area contributed by atoms with Crippen molar-refractivity contribution in [3.8, 4) is 0 Å². The SMILES string of the molecule is C=C(C)C(=O)OCCN(CP(=O)(O)O)CP(=O)(O)O. The maximum absolute atomic E-state index is 11.0. The summed E-state index contributed by atoms with van der Waals surface area (Å²) in [5, 5.41) is 0. The van der Waals surface area contributed by atoms with E-state index in [1.54, 1.807) is 0 Å². The lowest BCUT2D eigenvalue weighted by Gasteiger charge is -2.22. The first-order valence-electron chi connectivity index (χ1n) is 5.05. The first-order chi connectivity index (χ1) is 8.41. The van der Waals surface area contributed by atoms with E-state index in [0.29, 0.717) is 0 Å². The van der Waals surface area contributed by atoms with Gasteiger partial charge in [0.2, 0.25) is 0 Å². The van der Waals surface area contributed by atoms with Gasteiger partial charge in [-0.25, -0.2) is 4.79 Å². The Morgan fingerprint density at radius 3 is 1.89 bits per heavy atom. The van der Waals surface area contributed by atoms with Crippen molar-refractivity contribution in [2.24, 2.45) is 0 Å². The molecule has 0 amide bonds. The largest absolute Gasteiger partial charge is 0.461 e. The summed E-state index contributed by atoms with van der Waals surface area (Å²) in [5.74, 6) is -0.688. The van der Waals surface area contributed by atoms with Crippen LogP contribution in [0.3, 0.4) is 0 Å². The summed E-state index contributed by atoms with van der Waals surface area (Å²) in [7, 11) is -8.93. The maximum Gasteiger partial charge on any atom is 0.339 e. The average Bonchev–Trinajstić information content (AvgIpc) is 2.11. The summed E-state index contributed by atoms with van der Waals surface area (Å²) in [6.07, 6.45) is -1.66. The van der Waals surface area contributed by atoms with E-state index >= 15 is 0 Å². The molecule has 0 saturated carbocycles. The molecule has 4 N–H and O–H groups in total. The van der Waals surface area contributed by atoms with E-state index in [4.69, 9.17) is 19.6 Å². The lowest BCUT2D eigenvalue weighted by atomic mass is 10.4. The quantitative estimate of drug-likeness (QED) is 0.269. The predicted molar refractivity (Wildman–Crippen MR) is 66.3 cm³/mol. The molecule has 0 aliphatic heterocycles. The molecular formula is C8H17NO8P2. The van der Waals surface area contributed by atoms with Crippen LogP contribution >= 0.6 is 15.2 Å². The highest BCUT2D eigenvalue weighted by Crippen LogP contribution is 2.40. The van der Waals surface area contributed by atoms with E-state index in [9.17, 15) is 13.9 Å². The van der Waals surface area contributed by atoms with Gasteiger partial charge in [0.05, 0.1) is 0 Å². The zero-order valence-electron chi connectivity index (χ0n) is 10.3. The second-order valence-electron chi connectivity index (χ2n) is 3.92.